The molecule has 0 radical (unpaired) electrons. The minimum absolute atomic E-state index is 0. The van der Waals surface area contributed by atoms with Crippen molar-refractivity contribution in [2.45, 2.75) is 87.9 Å². The smallest absolute Gasteiger partial charge is 0.545 e. The largest absolute Gasteiger partial charge is 1.00 e. The molecule has 6 aromatic carbocycles. The molecule has 8 saturated carbocycles. The summed E-state index contributed by atoms with van der Waals surface area (Å²) in [5.74, 6) is 5.39. The predicted molar refractivity (Wildman–Crippen MR) is 243 cm³/mol. The summed E-state index contributed by atoms with van der Waals surface area (Å²) >= 11 is 0. The third-order valence-corrected chi connectivity index (χ3v) is 16.4. The molecule has 6 aromatic rings. The summed E-state index contributed by atoms with van der Waals surface area (Å²) in [6.07, 6.45) is 16.5. The number of hydrogen-bond acceptors (Lipinski definition) is 5. The average Bonchev–Trinajstić information content (AvgIpc) is 3.27. The fourth-order valence-electron chi connectivity index (χ4n) is 14.6. The number of hydrogen-bond donors (Lipinski definition) is 1. The van der Waals surface area contributed by atoms with Crippen molar-refractivity contribution in [3.63, 3.8) is 0 Å². The Kier molecular flexibility index (Phi) is 11.4. The second-order valence-electron chi connectivity index (χ2n) is 20.4. The van der Waals surface area contributed by atoms with Crippen LogP contribution in [0.1, 0.15) is 109 Å². The van der Waals surface area contributed by atoms with E-state index in [1.54, 1.807) is 38.5 Å². The van der Waals surface area contributed by atoms with Crippen LogP contribution >= 0.6 is 0 Å². The predicted octanol–water partition coefficient (Wildman–Crippen LogP) is 9.03. The van der Waals surface area contributed by atoms with Crippen molar-refractivity contribution < 1.29 is 80.7 Å². The quantitative estimate of drug-likeness (QED) is 0.154. The van der Waals surface area contributed by atoms with Crippen molar-refractivity contribution >= 4 is 33.5 Å². The summed E-state index contributed by atoms with van der Waals surface area (Å²) in [7, 11) is 3.60. The molecule has 0 heterocycles. The first-order valence-corrected chi connectivity index (χ1v) is 23.0. The Morgan fingerprint density at radius 3 is 1.16 bits per heavy atom. The van der Waals surface area contributed by atoms with Gasteiger partial charge in [0.05, 0.1) is 25.8 Å². The Bertz CT molecular complexity index is 2510. The maximum absolute atomic E-state index is 11.3. The van der Waals surface area contributed by atoms with Gasteiger partial charge in [-0.1, -0.05) is 54.6 Å². The monoisotopic (exact) mass is 862 g/mol. The van der Waals surface area contributed by atoms with Gasteiger partial charge >= 0.3 is 57.4 Å². The molecule has 8 aliphatic rings. The molecule has 0 atom stereocenters. The van der Waals surface area contributed by atoms with Crippen LogP contribution in [0.5, 0.6) is 11.5 Å². The van der Waals surface area contributed by atoms with Gasteiger partial charge in [-0.05, 0) is 227 Å². The first-order valence-electron chi connectivity index (χ1n) is 23.0. The molecule has 0 saturated heterocycles. The first kappa shape index (κ1) is 42.9. The van der Waals surface area contributed by atoms with E-state index in [1.807, 2.05) is 24.3 Å². The van der Waals surface area contributed by atoms with Gasteiger partial charge in [0.25, 0.3) is 0 Å². The van der Waals surface area contributed by atoms with E-state index >= 15 is 0 Å². The van der Waals surface area contributed by atoms with Gasteiger partial charge in [0.15, 0.2) is 0 Å². The molecule has 0 aliphatic heterocycles. The van der Waals surface area contributed by atoms with Gasteiger partial charge in [-0.2, -0.15) is 0 Å². The van der Waals surface area contributed by atoms with Gasteiger partial charge in [-0.3, -0.25) is 0 Å². The molecule has 7 heteroatoms. The minimum atomic E-state index is -1.14. The molecule has 63 heavy (non-hydrogen) atoms. The molecule has 8 aliphatic carbocycles. The van der Waals surface area contributed by atoms with Crippen molar-refractivity contribution in [3.8, 4) is 33.8 Å². The molecule has 14 rings (SSSR count). The normalized spacial score (nSPS) is 28.3. The standard InChI is InChI=1S/2C28H28O3.K/c2*1-31-26-7-6-23(21-2-3-22-12-24(27(29)30)5-4-20(22)11-21)13-25(26)28-14-17-8-18(15-28)10-19(9-17)16-28;/h2*2-7,11-13,17-19H,8-10,14-16H2,1H3,(H,29,30);/q;;+1/p-1. The van der Waals surface area contributed by atoms with E-state index in [2.05, 4.69) is 60.7 Å². The molecule has 8 fully saturated rings. The van der Waals surface area contributed by atoms with E-state index < -0.39 is 11.9 Å². The van der Waals surface area contributed by atoms with Crippen LogP contribution < -0.4 is 66.0 Å². The Labute approximate surface area is 413 Å². The van der Waals surface area contributed by atoms with Crippen LogP contribution in [-0.4, -0.2) is 31.3 Å². The van der Waals surface area contributed by atoms with Crippen molar-refractivity contribution in [1.29, 1.82) is 0 Å². The van der Waals surface area contributed by atoms with E-state index in [0.29, 0.717) is 5.56 Å². The van der Waals surface area contributed by atoms with E-state index in [4.69, 9.17) is 9.47 Å². The third-order valence-electron chi connectivity index (χ3n) is 16.4. The number of methoxy groups -OCH3 is 2. The van der Waals surface area contributed by atoms with Crippen LogP contribution in [0.15, 0.2) is 109 Å². The van der Waals surface area contributed by atoms with E-state index in [-0.39, 0.29) is 67.8 Å². The van der Waals surface area contributed by atoms with Crippen molar-refractivity contribution in [2.24, 2.45) is 35.5 Å². The number of rotatable bonds is 8. The van der Waals surface area contributed by atoms with Gasteiger partial charge in [0, 0.05) is 11.1 Å². The number of carboxylic acid groups (broad SMARTS) is 2. The van der Waals surface area contributed by atoms with Crippen LogP contribution in [0.3, 0.4) is 0 Å². The van der Waals surface area contributed by atoms with Crippen molar-refractivity contribution in [2.75, 3.05) is 14.2 Å². The fraction of sp³-hybridized carbons (Fsp3) is 0.393. The number of fused-ring (bicyclic) bond motifs is 2. The number of carboxylic acids is 2. The molecule has 1 N–H and O–H groups in total. The second kappa shape index (κ2) is 16.8. The number of ether oxygens (including phenoxy) is 2. The molecule has 0 unspecified atom stereocenters. The number of aromatic carboxylic acids is 2. The molecule has 0 aromatic heterocycles. The molecule has 316 valence electrons. The third kappa shape index (κ3) is 7.88. The zero-order valence-corrected chi connectivity index (χ0v) is 40.0. The van der Waals surface area contributed by atoms with Gasteiger partial charge in [-0.25, -0.2) is 4.79 Å². The maximum Gasteiger partial charge on any atom is 1.00 e. The summed E-state index contributed by atoms with van der Waals surface area (Å²) in [6.45, 7) is 0. The number of carbonyl (C=O) groups is 2. The molecular formula is C56H55KO6. The number of benzene rings is 6. The van der Waals surface area contributed by atoms with Crippen LogP contribution in [-0.2, 0) is 10.8 Å². The van der Waals surface area contributed by atoms with E-state index in [9.17, 15) is 19.8 Å². The Hall–Kier alpha value is -3.98. The molecule has 6 nitrogen and oxygen atoms in total. The summed E-state index contributed by atoms with van der Waals surface area (Å²) in [5.41, 5.74) is 8.66. The zero-order chi connectivity index (χ0) is 42.3. The maximum atomic E-state index is 11.3. The van der Waals surface area contributed by atoms with Crippen LogP contribution in [0.4, 0.5) is 0 Å². The Morgan fingerprint density at radius 2 is 0.794 bits per heavy atom. The van der Waals surface area contributed by atoms with Gasteiger partial charge < -0.3 is 24.5 Å². The fourth-order valence-corrected chi connectivity index (χ4v) is 14.6. The Balaban J connectivity index is 0.000000147. The van der Waals surface area contributed by atoms with Gasteiger partial charge in [-0.15, -0.1) is 0 Å². The van der Waals surface area contributed by atoms with Crippen molar-refractivity contribution in [3.05, 3.63) is 131 Å². The number of carbonyl (C=O) groups excluding carboxylic acids is 1. The molecule has 8 bridgehead atoms. The second-order valence-corrected chi connectivity index (χ2v) is 20.4. The first-order chi connectivity index (χ1) is 30.1. The van der Waals surface area contributed by atoms with Crippen LogP contribution in [0.2, 0.25) is 0 Å². The Morgan fingerprint density at radius 1 is 0.476 bits per heavy atom. The van der Waals surface area contributed by atoms with Crippen molar-refractivity contribution in [1.82, 2.24) is 0 Å². The summed E-state index contributed by atoms with van der Waals surface area (Å²) < 4.78 is 11.7. The van der Waals surface area contributed by atoms with Crippen LogP contribution in [0, 0.1) is 35.5 Å². The van der Waals surface area contributed by atoms with E-state index in [1.165, 1.54) is 105 Å². The van der Waals surface area contributed by atoms with Crippen LogP contribution in [0.25, 0.3) is 43.8 Å². The molecular weight excluding hydrogens is 808 g/mol. The summed E-state index contributed by atoms with van der Waals surface area (Å²) in [6, 6.07) is 36.5. The average molecular weight is 863 g/mol. The topological polar surface area (TPSA) is 95.9 Å². The minimum Gasteiger partial charge on any atom is -0.545 e. The molecule has 0 amide bonds. The zero-order valence-electron chi connectivity index (χ0n) is 36.8. The van der Waals surface area contributed by atoms with Gasteiger partial charge in [0.2, 0.25) is 0 Å². The van der Waals surface area contributed by atoms with E-state index in [0.717, 1.165) is 74.1 Å². The SMILES string of the molecule is COc1ccc(-c2ccc3cc(C(=O)O)ccc3c2)cc1C12CC3CC(CC(C3)C1)C2.COc1ccc(-c2ccc3cc(C(=O)[O-])ccc3c2)cc1C12CC3CC(CC(C3)C1)C2.[K+]. The molecule has 0 spiro atoms. The van der Waals surface area contributed by atoms with Gasteiger partial charge in [0.1, 0.15) is 11.5 Å². The summed E-state index contributed by atoms with van der Waals surface area (Å²) in [4.78, 5) is 22.5. The summed E-state index contributed by atoms with van der Waals surface area (Å²) in [5, 5.41) is 24.4.